The van der Waals surface area contributed by atoms with Crippen LogP contribution >= 0.6 is 0 Å². The van der Waals surface area contributed by atoms with Crippen molar-refractivity contribution in [2.45, 2.75) is 31.9 Å². The Labute approximate surface area is 128 Å². The highest BCUT2D eigenvalue weighted by Gasteiger charge is 2.40. The number of aromatic nitrogens is 4. The van der Waals surface area contributed by atoms with Crippen molar-refractivity contribution in [3.05, 3.63) is 35.8 Å². The van der Waals surface area contributed by atoms with Gasteiger partial charge in [-0.1, -0.05) is 5.21 Å². The first-order valence-corrected chi connectivity index (χ1v) is 7.27. The third kappa shape index (κ3) is 2.53. The predicted molar refractivity (Wildman–Crippen MR) is 80.1 cm³/mol. The minimum atomic E-state index is -1.01. The zero-order valence-corrected chi connectivity index (χ0v) is 12.6. The molecule has 0 bridgehead atoms. The van der Waals surface area contributed by atoms with Gasteiger partial charge in [-0.25, -0.2) is 9.67 Å². The molecule has 1 atom stereocenters. The van der Waals surface area contributed by atoms with Crippen LogP contribution in [0.4, 0.5) is 5.82 Å². The molecule has 7 heteroatoms. The molecule has 0 spiro atoms. The maximum atomic E-state index is 10.9. The fourth-order valence-electron chi connectivity index (χ4n) is 2.58. The summed E-state index contributed by atoms with van der Waals surface area (Å²) in [5.41, 5.74) is 0.110. The van der Waals surface area contributed by atoms with Gasteiger partial charge in [0.25, 0.3) is 0 Å². The molecule has 2 aromatic heterocycles. The van der Waals surface area contributed by atoms with Crippen molar-refractivity contribution in [1.29, 1.82) is 5.26 Å². The highest BCUT2D eigenvalue weighted by molar-refractivity contribution is 5.44. The average Bonchev–Trinajstić information content (AvgIpc) is 3.15. The van der Waals surface area contributed by atoms with Crippen molar-refractivity contribution in [3.8, 4) is 6.07 Å². The van der Waals surface area contributed by atoms with E-state index in [0.29, 0.717) is 30.8 Å². The van der Waals surface area contributed by atoms with Crippen LogP contribution in [0.15, 0.2) is 24.5 Å². The minimum Gasteiger partial charge on any atom is -0.381 e. The maximum absolute atomic E-state index is 10.9. The number of aliphatic hydroxyl groups is 1. The van der Waals surface area contributed by atoms with Crippen molar-refractivity contribution < 1.29 is 5.11 Å². The molecule has 3 heterocycles. The van der Waals surface area contributed by atoms with Crippen LogP contribution < -0.4 is 4.90 Å². The van der Waals surface area contributed by atoms with Crippen LogP contribution in [0.1, 0.15) is 37.6 Å². The third-order valence-electron chi connectivity index (χ3n) is 3.96. The summed E-state index contributed by atoms with van der Waals surface area (Å²) in [6.07, 6.45) is 3.92. The summed E-state index contributed by atoms with van der Waals surface area (Å²) in [5.74, 6) is 0.756. The Bertz CT molecular complexity index is 702. The summed E-state index contributed by atoms with van der Waals surface area (Å²) >= 11 is 0. The van der Waals surface area contributed by atoms with Gasteiger partial charge in [0.05, 0.1) is 18.3 Å². The van der Waals surface area contributed by atoms with E-state index in [1.165, 1.54) is 0 Å². The summed E-state index contributed by atoms with van der Waals surface area (Å²) in [7, 11) is 0. The Morgan fingerprint density at radius 1 is 1.41 bits per heavy atom. The number of nitrogens with zero attached hydrogens (tertiary/aromatic N) is 6. The Kier molecular flexibility index (Phi) is 3.54. The second kappa shape index (κ2) is 5.39. The van der Waals surface area contributed by atoms with E-state index < -0.39 is 5.60 Å². The summed E-state index contributed by atoms with van der Waals surface area (Å²) < 4.78 is 1.75. The zero-order chi connectivity index (χ0) is 15.7. The van der Waals surface area contributed by atoms with Gasteiger partial charge in [-0.3, -0.25) is 0 Å². The molecule has 0 unspecified atom stereocenters. The van der Waals surface area contributed by atoms with E-state index in [0.717, 1.165) is 5.82 Å². The molecular weight excluding hydrogens is 280 g/mol. The Hall–Kier alpha value is -2.46. The van der Waals surface area contributed by atoms with Crippen LogP contribution in [0.2, 0.25) is 0 Å². The lowest BCUT2D eigenvalue weighted by Gasteiger charge is -2.21. The minimum absolute atomic E-state index is 0.211. The third-order valence-corrected chi connectivity index (χ3v) is 3.96. The van der Waals surface area contributed by atoms with E-state index in [2.05, 4.69) is 15.3 Å². The van der Waals surface area contributed by atoms with Crippen molar-refractivity contribution in [2.24, 2.45) is 0 Å². The molecule has 114 valence electrons. The fourth-order valence-corrected chi connectivity index (χ4v) is 2.58. The van der Waals surface area contributed by atoms with Gasteiger partial charge in [-0.15, -0.1) is 5.10 Å². The monoisotopic (exact) mass is 298 g/mol. The van der Waals surface area contributed by atoms with E-state index in [4.69, 9.17) is 5.26 Å². The van der Waals surface area contributed by atoms with E-state index >= 15 is 0 Å². The average molecular weight is 298 g/mol. The van der Waals surface area contributed by atoms with Crippen LogP contribution in [0, 0.1) is 11.3 Å². The molecule has 1 saturated heterocycles. The molecule has 3 rings (SSSR count). The van der Waals surface area contributed by atoms with Gasteiger partial charge in [0.2, 0.25) is 0 Å². The Morgan fingerprint density at radius 2 is 2.23 bits per heavy atom. The van der Waals surface area contributed by atoms with Crippen LogP contribution in [-0.4, -0.2) is 38.2 Å². The fraction of sp³-hybridized carbons (Fsp3) is 0.467. The molecule has 22 heavy (non-hydrogen) atoms. The second-order valence-corrected chi connectivity index (χ2v) is 5.90. The lowest BCUT2D eigenvalue weighted by atomic mass is 10.00. The normalized spacial score (nSPS) is 21.3. The summed E-state index contributed by atoms with van der Waals surface area (Å²) in [6, 6.07) is 5.79. The SMILES string of the molecule is CC(C)n1cc([C@]2(O)CCN(c3ccc(C#N)cn3)C2)nn1. The molecule has 1 fully saturated rings. The number of anilines is 1. The first kappa shape index (κ1) is 14.5. The lowest BCUT2D eigenvalue weighted by Crippen LogP contribution is -2.31. The standard InChI is InChI=1S/C15H18N6O/c1-11(2)21-9-13(18-19-21)15(22)5-6-20(10-15)14-4-3-12(7-16)8-17-14/h3-4,8-9,11,22H,5-6,10H2,1-2H3/t15-/m0/s1. The van der Waals surface area contributed by atoms with Gasteiger partial charge in [0.1, 0.15) is 23.2 Å². The number of hydrogen-bond donors (Lipinski definition) is 1. The zero-order valence-electron chi connectivity index (χ0n) is 12.6. The van der Waals surface area contributed by atoms with Crippen molar-refractivity contribution in [3.63, 3.8) is 0 Å². The molecule has 1 aliphatic heterocycles. The quantitative estimate of drug-likeness (QED) is 0.916. The van der Waals surface area contributed by atoms with Crippen LogP contribution in [0.25, 0.3) is 0 Å². The molecule has 0 amide bonds. The Morgan fingerprint density at radius 3 is 2.82 bits per heavy atom. The highest BCUT2D eigenvalue weighted by Crippen LogP contribution is 2.32. The van der Waals surface area contributed by atoms with Crippen LogP contribution in [-0.2, 0) is 5.60 Å². The topological polar surface area (TPSA) is 90.9 Å². The molecule has 0 saturated carbocycles. The molecule has 2 aromatic rings. The van der Waals surface area contributed by atoms with Gasteiger partial charge in [-0.05, 0) is 26.0 Å². The molecule has 0 aliphatic carbocycles. The van der Waals surface area contributed by atoms with E-state index in [1.807, 2.05) is 24.8 Å². The maximum Gasteiger partial charge on any atom is 0.129 e. The number of hydrogen-bond acceptors (Lipinski definition) is 6. The smallest absolute Gasteiger partial charge is 0.129 e. The predicted octanol–water partition coefficient (Wildman–Crippen LogP) is 1.22. The van der Waals surface area contributed by atoms with Crippen LogP contribution in [0.3, 0.4) is 0 Å². The second-order valence-electron chi connectivity index (χ2n) is 5.90. The molecule has 1 aliphatic rings. The van der Waals surface area contributed by atoms with Gasteiger partial charge in [-0.2, -0.15) is 5.26 Å². The molecule has 0 aromatic carbocycles. The first-order chi connectivity index (χ1) is 10.5. The molecule has 1 N–H and O–H groups in total. The molecular formula is C15H18N6O. The summed E-state index contributed by atoms with van der Waals surface area (Å²) in [5, 5.41) is 27.8. The van der Waals surface area contributed by atoms with Gasteiger partial charge < -0.3 is 10.0 Å². The van der Waals surface area contributed by atoms with Gasteiger partial charge in [0.15, 0.2) is 0 Å². The van der Waals surface area contributed by atoms with Crippen molar-refractivity contribution >= 4 is 5.82 Å². The van der Waals surface area contributed by atoms with Crippen molar-refractivity contribution in [1.82, 2.24) is 20.0 Å². The largest absolute Gasteiger partial charge is 0.381 e. The van der Waals surface area contributed by atoms with Crippen LogP contribution in [0.5, 0.6) is 0 Å². The van der Waals surface area contributed by atoms with E-state index in [-0.39, 0.29) is 6.04 Å². The summed E-state index contributed by atoms with van der Waals surface area (Å²) in [4.78, 5) is 6.27. The number of rotatable bonds is 3. The highest BCUT2D eigenvalue weighted by atomic mass is 16.3. The van der Waals surface area contributed by atoms with E-state index in [9.17, 15) is 5.11 Å². The molecule has 7 nitrogen and oxygen atoms in total. The number of nitriles is 1. The lowest BCUT2D eigenvalue weighted by molar-refractivity contribution is 0.0559. The van der Waals surface area contributed by atoms with E-state index in [1.54, 1.807) is 29.2 Å². The number of β-amino-alcohol motifs (C(OH)–C–C–N with tert-alkyl or cyclic N) is 1. The van der Waals surface area contributed by atoms with Gasteiger partial charge >= 0.3 is 0 Å². The molecule has 0 radical (unpaired) electrons. The van der Waals surface area contributed by atoms with Crippen molar-refractivity contribution in [2.75, 3.05) is 18.0 Å². The first-order valence-electron chi connectivity index (χ1n) is 7.27. The van der Waals surface area contributed by atoms with Gasteiger partial charge in [0, 0.05) is 25.2 Å². The number of pyridine rings is 1. The Balaban J connectivity index is 1.78. The summed E-state index contributed by atoms with van der Waals surface area (Å²) in [6.45, 7) is 5.14.